The van der Waals surface area contributed by atoms with Gasteiger partial charge >= 0.3 is 0 Å². The first-order chi connectivity index (χ1) is 11.1. The number of halogens is 3. The lowest BCUT2D eigenvalue weighted by atomic mass is 10.1. The van der Waals surface area contributed by atoms with Crippen molar-refractivity contribution in [1.29, 1.82) is 10.5 Å². The summed E-state index contributed by atoms with van der Waals surface area (Å²) in [5, 5.41) is 17.6. The number of benzene rings is 2. The van der Waals surface area contributed by atoms with Gasteiger partial charge < -0.3 is 4.74 Å². The highest BCUT2D eigenvalue weighted by atomic mass is 19.2. The molecule has 0 heterocycles. The van der Waals surface area contributed by atoms with E-state index >= 15 is 0 Å². The van der Waals surface area contributed by atoms with E-state index in [0.29, 0.717) is 11.1 Å². The molecule has 0 atom stereocenters. The summed E-state index contributed by atoms with van der Waals surface area (Å²) in [6.07, 6.45) is 1.36. The zero-order chi connectivity index (χ0) is 16.8. The van der Waals surface area contributed by atoms with Crippen LogP contribution < -0.4 is 4.74 Å². The quantitative estimate of drug-likeness (QED) is 0.630. The second-order valence-electron chi connectivity index (χ2n) is 4.44. The van der Waals surface area contributed by atoms with Crippen molar-refractivity contribution in [3.05, 3.63) is 70.5 Å². The predicted octanol–water partition coefficient (Wildman–Crippen LogP) is 4.11. The SMILES string of the molecule is N#CC(C#N)=Cc1ccccc1COc1ccc(F)c(F)c1F. The lowest BCUT2D eigenvalue weighted by molar-refractivity contribution is 0.281. The van der Waals surface area contributed by atoms with Crippen molar-refractivity contribution in [2.24, 2.45) is 0 Å². The second-order valence-corrected chi connectivity index (χ2v) is 4.44. The lowest BCUT2D eigenvalue weighted by Gasteiger charge is -2.10. The number of hydrogen-bond donors (Lipinski definition) is 0. The van der Waals surface area contributed by atoms with Crippen LogP contribution in [0.15, 0.2) is 42.0 Å². The molecule has 0 amide bonds. The molecule has 0 spiro atoms. The number of ether oxygens (including phenoxy) is 1. The summed E-state index contributed by atoms with van der Waals surface area (Å²) in [6, 6.07) is 11.9. The van der Waals surface area contributed by atoms with Crippen LogP contribution in [-0.4, -0.2) is 0 Å². The largest absolute Gasteiger partial charge is 0.486 e. The Hall–Kier alpha value is -3.25. The normalized spacial score (nSPS) is 9.61. The van der Waals surface area contributed by atoms with Gasteiger partial charge in [0, 0.05) is 0 Å². The van der Waals surface area contributed by atoms with Crippen LogP contribution in [0.2, 0.25) is 0 Å². The third kappa shape index (κ3) is 3.69. The maximum Gasteiger partial charge on any atom is 0.203 e. The highest BCUT2D eigenvalue weighted by Crippen LogP contribution is 2.23. The van der Waals surface area contributed by atoms with Gasteiger partial charge in [0.1, 0.15) is 24.3 Å². The van der Waals surface area contributed by atoms with Gasteiger partial charge in [0.2, 0.25) is 5.82 Å². The van der Waals surface area contributed by atoms with E-state index in [0.717, 1.165) is 12.1 Å². The van der Waals surface area contributed by atoms with Crippen LogP contribution >= 0.6 is 0 Å². The molecule has 3 nitrogen and oxygen atoms in total. The third-order valence-corrected chi connectivity index (χ3v) is 2.98. The lowest BCUT2D eigenvalue weighted by Crippen LogP contribution is -2.02. The minimum absolute atomic E-state index is 0.101. The van der Waals surface area contributed by atoms with Crippen molar-refractivity contribution < 1.29 is 17.9 Å². The fourth-order valence-corrected chi connectivity index (χ4v) is 1.83. The standard InChI is InChI=1S/C17H9F3N2O/c18-14-5-6-15(17(20)16(14)19)23-10-13-4-2-1-3-12(13)7-11(8-21)9-22/h1-7H,10H2. The molecule has 0 saturated heterocycles. The number of allylic oxidation sites excluding steroid dienone is 1. The first-order valence-corrected chi connectivity index (χ1v) is 6.43. The molecule has 114 valence electrons. The molecule has 23 heavy (non-hydrogen) atoms. The smallest absolute Gasteiger partial charge is 0.203 e. The van der Waals surface area contributed by atoms with Crippen molar-refractivity contribution in [3.63, 3.8) is 0 Å². The van der Waals surface area contributed by atoms with E-state index in [-0.39, 0.29) is 12.2 Å². The van der Waals surface area contributed by atoms with Gasteiger partial charge in [-0.1, -0.05) is 24.3 Å². The van der Waals surface area contributed by atoms with Crippen LogP contribution in [0.1, 0.15) is 11.1 Å². The molecular formula is C17H9F3N2O. The first-order valence-electron chi connectivity index (χ1n) is 6.43. The molecule has 2 rings (SSSR count). The fraction of sp³-hybridized carbons (Fsp3) is 0.0588. The maximum absolute atomic E-state index is 13.5. The van der Waals surface area contributed by atoms with Gasteiger partial charge in [-0.15, -0.1) is 0 Å². The van der Waals surface area contributed by atoms with Crippen LogP contribution in [0.5, 0.6) is 5.75 Å². The van der Waals surface area contributed by atoms with E-state index in [1.165, 1.54) is 6.08 Å². The van der Waals surface area contributed by atoms with E-state index in [1.54, 1.807) is 36.4 Å². The van der Waals surface area contributed by atoms with E-state index in [9.17, 15) is 13.2 Å². The first kappa shape index (κ1) is 16.1. The molecule has 2 aromatic carbocycles. The highest BCUT2D eigenvalue weighted by molar-refractivity contribution is 5.64. The Morgan fingerprint density at radius 1 is 1.00 bits per heavy atom. The minimum Gasteiger partial charge on any atom is -0.486 e. The van der Waals surface area contributed by atoms with Crippen molar-refractivity contribution in [1.82, 2.24) is 0 Å². The van der Waals surface area contributed by atoms with Crippen LogP contribution in [0.25, 0.3) is 6.08 Å². The molecule has 2 aromatic rings. The van der Waals surface area contributed by atoms with Gasteiger partial charge in [-0.2, -0.15) is 14.9 Å². The molecule has 0 aliphatic carbocycles. The molecule has 0 N–H and O–H groups in total. The van der Waals surface area contributed by atoms with Gasteiger partial charge in [-0.3, -0.25) is 0 Å². The van der Waals surface area contributed by atoms with Crippen LogP contribution in [0.4, 0.5) is 13.2 Å². The summed E-state index contributed by atoms with van der Waals surface area (Å²) in [4.78, 5) is 0. The molecular weight excluding hydrogens is 305 g/mol. The van der Waals surface area contributed by atoms with Crippen molar-refractivity contribution >= 4 is 6.08 Å². The Kier molecular flexibility index (Phi) is 5.01. The predicted molar refractivity (Wildman–Crippen MR) is 76.3 cm³/mol. The minimum atomic E-state index is -1.60. The Bertz CT molecular complexity index is 832. The topological polar surface area (TPSA) is 56.8 Å². The van der Waals surface area contributed by atoms with Gasteiger partial charge in [0.25, 0.3) is 0 Å². The average molecular weight is 314 g/mol. The highest BCUT2D eigenvalue weighted by Gasteiger charge is 2.14. The third-order valence-electron chi connectivity index (χ3n) is 2.98. The molecule has 0 unspecified atom stereocenters. The molecule has 0 radical (unpaired) electrons. The molecule has 0 aliphatic heterocycles. The molecule has 6 heteroatoms. The zero-order valence-corrected chi connectivity index (χ0v) is 11.7. The fourth-order valence-electron chi connectivity index (χ4n) is 1.83. The molecule has 0 aromatic heterocycles. The van der Waals surface area contributed by atoms with Gasteiger partial charge in [-0.25, -0.2) is 8.78 Å². The van der Waals surface area contributed by atoms with Crippen molar-refractivity contribution in [2.45, 2.75) is 6.61 Å². The second kappa shape index (κ2) is 7.15. The summed E-state index contributed by atoms with van der Waals surface area (Å²) in [6.45, 7) is -0.140. The van der Waals surface area contributed by atoms with Crippen LogP contribution in [0.3, 0.4) is 0 Å². The Morgan fingerprint density at radius 2 is 1.70 bits per heavy atom. The Morgan fingerprint density at radius 3 is 2.39 bits per heavy atom. The summed E-state index contributed by atoms with van der Waals surface area (Å²) in [5.74, 6) is -4.74. The Balaban J connectivity index is 2.26. The number of nitrogens with zero attached hydrogens (tertiary/aromatic N) is 2. The summed E-state index contributed by atoms with van der Waals surface area (Å²) in [5.41, 5.74) is 0.990. The molecule has 0 aliphatic rings. The van der Waals surface area contributed by atoms with E-state index in [1.807, 2.05) is 0 Å². The van der Waals surface area contributed by atoms with Crippen molar-refractivity contribution in [3.8, 4) is 17.9 Å². The molecule has 0 saturated carbocycles. The van der Waals surface area contributed by atoms with Gasteiger partial charge in [0.05, 0.1) is 0 Å². The number of hydrogen-bond acceptors (Lipinski definition) is 3. The summed E-state index contributed by atoms with van der Waals surface area (Å²) >= 11 is 0. The summed E-state index contributed by atoms with van der Waals surface area (Å²) < 4.78 is 44.7. The van der Waals surface area contributed by atoms with Crippen LogP contribution in [-0.2, 0) is 6.61 Å². The van der Waals surface area contributed by atoms with Gasteiger partial charge in [-0.05, 0) is 29.3 Å². The van der Waals surface area contributed by atoms with E-state index < -0.39 is 23.2 Å². The van der Waals surface area contributed by atoms with E-state index in [2.05, 4.69) is 0 Å². The maximum atomic E-state index is 13.5. The molecule has 0 bridgehead atoms. The average Bonchev–Trinajstić information content (AvgIpc) is 2.58. The van der Waals surface area contributed by atoms with Crippen LogP contribution in [0, 0.1) is 40.1 Å². The monoisotopic (exact) mass is 314 g/mol. The van der Waals surface area contributed by atoms with E-state index in [4.69, 9.17) is 15.3 Å². The van der Waals surface area contributed by atoms with Crippen molar-refractivity contribution in [2.75, 3.05) is 0 Å². The summed E-state index contributed by atoms with van der Waals surface area (Å²) in [7, 11) is 0. The Labute approximate surface area is 130 Å². The molecule has 0 fully saturated rings. The number of nitriles is 2. The zero-order valence-electron chi connectivity index (χ0n) is 11.7. The number of rotatable bonds is 4. The van der Waals surface area contributed by atoms with Gasteiger partial charge in [0.15, 0.2) is 17.4 Å².